The minimum absolute atomic E-state index is 0.572. The smallest absolute Gasteiger partial charge is 0.169 e. The quantitative estimate of drug-likeness (QED) is 0.626. The summed E-state index contributed by atoms with van der Waals surface area (Å²) in [5.74, 6) is 0.685. The number of pyridine rings is 2. The van der Waals surface area contributed by atoms with Crippen LogP contribution in [0.4, 0.5) is 0 Å². The summed E-state index contributed by atoms with van der Waals surface area (Å²) < 4.78 is 1.79. The highest BCUT2D eigenvalue weighted by Gasteiger charge is 2.07. The van der Waals surface area contributed by atoms with Crippen molar-refractivity contribution < 1.29 is 0 Å². The molecular formula is C12H7N5. The lowest BCUT2D eigenvalue weighted by Gasteiger charge is -1.99. The second-order valence-corrected chi connectivity index (χ2v) is 3.52. The SMILES string of the molecule is N#Cc1ccc2nnc(-c3cccnc3)n2c1. The fraction of sp³-hybridized carbons (Fsp3) is 0. The van der Waals surface area contributed by atoms with Crippen LogP contribution < -0.4 is 0 Å². The van der Waals surface area contributed by atoms with Crippen LogP contribution in [0.5, 0.6) is 0 Å². The average molecular weight is 221 g/mol. The summed E-state index contributed by atoms with van der Waals surface area (Å²) in [5, 5.41) is 17.0. The van der Waals surface area contributed by atoms with Crippen molar-refractivity contribution in [1.29, 1.82) is 5.26 Å². The second-order valence-electron chi connectivity index (χ2n) is 3.52. The molecule has 0 atom stereocenters. The van der Waals surface area contributed by atoms with Gasteiger partial charge in [0.2, 0.25) is 0 Å². The van der Waals surface area contributed by atoms with Crippen molar-refractivity contribution in [3.63, 3.8) is 0 Å². The zero-order chi connectivity index (χ0) is 11.7. The Hall–Kier alpha value is -2.74. The number of fused-ring (bicyclic) bond motifs is 1. The van der Waals surface area contributed by atoms with Crippen LogP contribution in [0, 0.1) is 11.3 Å². The van der Waals surface area contributed by atoms with Crippen LogP contribution in [0.2, 0.25) is 0 Å². The topological polar surface area (TPSA) is 66.9 Å². The van der Waals surface area contributed by atoms with Crippen molar-refractivity contribution >= 4 is 5.65 Å². The molecule has 3 rings (SSSR count). The molecular weight excluding hydrogens is 214 g/mol. The maximum absolute atomic E-state index is 8.88. The van der Waals surface area contributed by atoms with Crippen molar-refractivity contribution in [2.75, 3.05) is 0 Å². The van der Waals surface area contributed by atoms with Crippen LogP contribution in [0.15, 0.2) is 42.9 Å². The molecule has 80 valence electrons. The van der Waals surface area contributed by atoms with Crippen LogP contribution in [0.25, 0.3) is 17.0 Å². The Kier molecular flexibility index (Phi) is 2.06. The summed E-state index contributed by atoms with van der Waals surface area (Å²) >= 11 is 0. The molecule has 3 aromatic heterocycles. The van der Waals surface area contributed by atoms with Gasteiger partial charge in [-0.25, -0.2) is 0 Å². The molecule has 0 spiro atoms. The molecule has 17 heavy (non-hydrogen) atoms. The highest BCUT2D eigenvalue weighted by Crippen LogP contribution is 2.17. The zero-order valence-corrected chi connectivity index (χ0v) is 8.78. The highest BCUT2D eigenvalue weighted by molar-refractivity contribution is 5.58. The number of hydrogen-bond acceptors (Lipinski definition) is 4. The Morgan fingerprint density at radius 2 is 2.12 bits per heavy atom. The third-order valence-electron chi connectivity index (χ3n) is 2.45. The van der Waals surface area contributed by atoms with E-state index in [1.807, 2.05) is 12.1 Å². The van der Waals surface area contributed by atoms with E-state index in [1.165, 1.54) is 0 Å². The van der Waals surface area contributed by atoms with Gasteiger partial charge in [-0.05, 0) is 24.3 Å². The lowest BCUT2D eigenvalue weighted by molar-refractivity contribution is 1.10. The zero-order valence-electron chi connectivity index (χ0n) is 8.78. The van der Waals surface area contributed by atoms with E-state index < -0.39 is 0 Å². The van der Waals surface area contributed by atoms with Crippen molar-refractivity contribution in [3.05, 3.63) is 48.4 Å². The first-order chi connectivity index (χ1) is 8.38. The van der Waals surface area contributed by atoms with E-state index in [1.54, 1.807) is 35.1 Å². The molecule has 0 aliphatic carbocycles. The van der Waals surface area contributed by atoms with E-state index >= 15 is 0 Å². The van der Waals surface area contributed by atoms with Gasteiger partial charge in [0.1, 0.15) is 6.07 Å². The molecule has 0 bridgehead atoms. The molecule has 5 nitrogen and oxygen atoms in total. The van der Waals surface area contributed by atoms with Gasteiger partial charge < -0.3 is 0 Å². The molecule has 5 heteroatoms. The molecule has 3 aromatic rings. The van der Waals surface area contributed by atoms with Gasteiger partial charge in [-0.3, -0.25) is 9.38 Å². The molecule has 0 N–H and O–H groups in total. The number of hydrogen-bond donors (Lipinski definition) is 0. The summed E-state index contributed by atoms with van der Waals surface area (Å²) in [6.07, 6.45) is 5.14. The Bertz CT molecular complexity index is 709. The predicted molar refractivity (Wildman–Crippen MR) is 60.9 cm³/mol. The van der Waals surface area contributed by atoms with Gasteiger partial charge in [0.05, 0.1) is 5.56 Å². The molecule has 0 aliphatic heterocycles. The summed E-state index contributed by atoms with van der Waals surface area (Å²) in [6, 6.07) is 9.33. The summed E-state index contributed by atoms with van der Waals surface area (Å²) in [7, 11) is 0. The predicted octanol–water partition coefficient (Wildman–Crippen LogP) is 1.66. The van der Waals surface area contributed by atoms with Crippen molar-refractivity contribution in [2.45, 2.75) is 0 Å². The largest absolute Gasteiger partial charge is 0.281 e. The fourth-order valence-electron chi connectivity index (χ4n) is 1.65. The lowest BCUT2D eigenvalue weighted by Crippen LogP contribution is -1.91. The van der Waals surface area contributed by atoms with Crippen molar-refractivity contribution in [1.82, 2.24) is 19.6 Å². The first-order valence-corrected chi connectivity index (χ1v) is 5.04. The molecule has 0 radical (unpaired) electrons. The molecule has 0 amide bonds. The molecule has 0 saturated heterocycles. The number of nitrogens with zero attached hydrogens (tertiary/aromatic N) is 5. The van der Waals surface area contributed by atoms with Crippen LogP contribution in [-0.4, -0.2) is 19.6 Å². The molecule has 0 unspecified atom stereocenters. The number of rotatable bonds is 1. The van der Waals surface area contributed by atoms with Gasteiger partial charge in [-0.15, -0.1) is 10.2 Å². The second kappa shape index (κ2) is 3.68. The Balaban J connectivity index is 2.28. The standard InChI is InChI=1S/C12H7N5/c13-6-9-3-4-11-15-16-12(17(11)8-9)10-2-1-5-14-7-10/h1-5,7-8H. The minimum atomic E-state index is 0.572. The normalized spacial score (nSPS) is 10.3. The van der Waals surface area contributed by atoms with E-state index in [-0.39, 0.29) is 0 Å². The molecule has 3 heterocycles. The third kappa shape index (κ3) is 1.52. The monoisotopic (exact) mass is 221 g/mol. The first kappa shape index (κ1) is 9.48. The highest BCUT2D eigenvalue weighted by atomic mass is 15.2. The maximum atomic E-state index is 8.88. The Labute approximate surface area is 97.0 Å². The van der Waals surface area contributed by atoms with Crippen LogP contribution in [-0.2, 0) is 0 Å². The summed E-state index contributed by atoms with van der Waals surface area (Å²) in [6.45, 7) is 0. The van der Waals surface area contributed by atoms with Gasteiger partial charge in [-0.2, -0.15) is 5.26 Å². The van der Waals surface area contributed by atoms with E-state index in [9.17, 15) is 0 Å². The van der Waals surface area contributed by atoms with E-state index in [0.29, 0.717) is 17.0 Å². The third-order valence-corrected chi connectivity index (χ3v) is 2.45. The van der Waals surface area contributed by atoms with E-state index in [0.717, 1.165) is 5.56 Å². The maximum Gasteiger partial charge on any atom is 0.169 e. The van der Waals surface area contributed by atoms with Crippen molar-refractivity contribution in [3.8, 4) is 17.5 Å². The summed E-state index contributed by atoms with van der Waals surface area (Å²) in [5.41, 5.74) is 2.15. The molecule has 0 aromatic carbocycles. The Morgan fingerprint density at radius 3 is 2.88 bits per heavy atom. The molecule has 0 saturated carbocycles. The average Bonchev–Trinajstić information content (AvgIpc) is 2.82. The molecule has 0 fully saturated rings. The first-order valence-electron chi connectivity index (χ1n) is 5.04. The lowest BCUT2D eigenvalue weighted by atomic mass is 10.2. The fourth-order valence-corrected chi connectivity index (χ4v) is 1.65. The molecule has 0 aliphatic rings. The van der Waals surface area contributed by atoms with Gasteiger partial charge in [-0.1, -0.05) is 0 Å². The van der Waals surface area contributed by atoms with Crippen LogP contribution >= 0.6 is 0 Å². The van der Waals surface area contributed by atoms with E-state index in [2.05, 4.69) is 21.3 Å². The minimum Gasteiger partial charge on any atom is -0.281 e. The van der Waals surface area contributed by atoms with E-state index in [4.69, 9.17) is 5.26 Å². The van der Waals surface area contributed by atoms with Gasteiger partial charge in [0.25, 0.3) is 0 Å². The summed E-state index contributed by atoms with van der Waals surface area (Å²) in [4.78, 5) is 4.04. The van der Waals surface area contributed by atoms with Gasteiger partial charge in [0, 0.05) is 24.2 Å². The van der Waals surface area contributed by atoms with Crippen molar-refractivity contribution in [2.24, 2.45) is 0 Å². The number of nitriles is 1. The van der Waals surface area contributed by atoms with Gasteiger partial charge >= 0.3 is 0 Å². The van der Waals surface area contributed by atoms with Crippen LogP contribution in [0.3, 0.4) is 0 Å². The Morgan fingerprint density at radius 1 is 1.18 bits per heavy atom. The van der Waals surface area contributed by atoms with Crippen LogP contribution in [0.1, 0.15) is 5.56 Å². The number of aromatic nitrogens is 4. The van der Waals surface area contributed by atoms with Gasteiger partial charge in [0.15, 0.2) is 11.5 Å².